The minimum absolute atomic E-state index is 0.468. The summed E-state index contributed by atoms with van der Waals surface area (Å²) in [6.07, 6.45) is 9.06. The number of anilines is 1. The zero-order valence-electron chi connectivity index (χ0n) is 20.9. The number of hydrogen-bond donors (Lipinski definition) is 0. The average molecular weight is 519 g/mol. The van der Waals surface area contributed by atoms with Crippen LogP contribution in [0.1, 0.15) is 24.8 Å². The lowest BCUT2D eigenvalue weighted by atomic mass is 10.1. The molecule has 2 aliphatic rings. The molecule has 1 fully saturated rings. The molecule has 9 nitrogen and oxygen atoms in total. The van der Waals surface area contributed by atoms with Crippen LogP contribution in [0, 0.1) is 0 Å². The predicted molar refractivity (Wildman–Crippen MR) is 144 cm³/mol. The number of hydrogen-bond acceptors (Lipinski definition) is 7. The van der Waals surface area contributed by atoms with Crippen molar-refractivity contribution in [3.05, 3.63) is 60.6 Å². The van der Waals surface area contributed by atoms with Crippen LogP contribution in [0.3, 0.4) is 0 Å². The van der Waals surface area contributed by atoms with E-state index in [4.69, 9.17) is 9.72 Å². The zero-order chi connectivity index (χ0) is 25.4. The number of benzene rings is 1. The molecule has 0 amide bonds. The van der Waals surface area contributed by atoms with E-state index in [9.17, 15) is 8.42 Å². The summed E-state index contributed by atoms with van der Waals surface area (Å²) in [5.41, 5.74) is 5.68. The van der Waals surface area contributed by atoms with Crippen LogP contribution in [0.15, 0.2) is 55.0 Å². The van der Waals surface area contributed by atoms with E-state index < -0.39 is 10.0 Å². The van der Waals surface area contributed by atoms with Crippen LogP contribution in [0.4, 0.5) is 5.69 Å². The minimum atomic E-state index is -3.33. The van der Waals surface area contributed by atoms with Gasteiger partial charge in [-0.1, -0.05) is 6.07 Å². The van der Waals surface area contributed by atoms with Gasteiger partial charge in [0.2, 0.25) is 15.9 Å². The summed E-state index contributed by atoms with van der Waals surface area (Å²) >= 11 is 0. The van der Waals surface area contributed by atoms with Gasteiger partial charge in [-0.3, -0.25) is 8.87 Å². The first-order chi connectivity index (χ1) is 18.0. The van der Waals surface area contributed by atoms with E-state index in [0.717, 1.165) is 46.7 Å². The number of fused-ring (bicyclic) bond motifs is 2. The van der Waals surface area contributed by atoms with Crippen molar-refractivity contribution in [2.24, 2.45) is 0 Å². The van der Waals surface area contributed by atoms with Gasteiger partial charge in [-0.05, 0) is 74.7 Å². The van der Waals surface area contributed by atoms with E-state index in [-0.39, 0.29) is 0 Å². The van der Waals surface area contributed by atoms with Gasteiger partial charge in [0.15, 0.2) is 5.65 Å². The van der Waals surface area contributed by atoms with Crippen LogP contribution in [0.25, 0.3) is 28.1 Å². The highest BCUT2D eigenvalue weighted by molar-refractivity contribution is 7.92. The van der Waals surface area contributed by atoms with Crippen molar-refractivity contribution in [1.82, 2.24) is 24.4 Å². The molecule has 0 aliphatic carbocycles. The Kier molecular flexibility index (Phi) is 6.29. The maximum absolute atomic E-state index is 12.2. The molecule has 1 saturated heterocycles. The molecule has 6 rings (SSSR count). The molecule has 0 atom stereocenters. The molecule has 0 spiro atoms. The molecule has 4 aromatic rings. The van der Waals surface area contributed by atoms with Crippen molar-refractivity contribution in [3.63, 3.8) is 0 Å². The van der Waals surface area contributed by atoms with E-state index in [0.29, 0.717) is 31.1 Å². The fourth-order valence-electron chi connectivity index (χ4n) is 5.16. The minimum Gasteiger partial charge on any atom is -0.478 e. The molecule has 1 aromatic carbocycles. The van der Waals surface area contributed by atoms with E-state index in [2.05, 4.69) is 14.9 Å². The Labute approximate surface area is 216 Å². The Morgan fingerprint density at radius 1 is 1.00 bits per heavy atom. The SMILES string of the molecule is CS(=O)(=O)N1CCc2ccc(-n3cnc4ccc(-c5ccc(OCCCN6CCCC6)nc5)nc43)cc21. The molecule has 0 saturated carbocycles. The fourth-order valence-corrected chi connectivity index (χ4v) is 6.11. The van der Waals surface area contributed by atoms with Crippen LogP contribution >= 0.6 is 0 Å². The molecule has 2 aliphatic heterocycles. The first kappa shape index (κ1) is 23.9. The van der Waals surface area contributed by atoms with E-state index in [1.807, 2.05) is 47.0 Å². The molecule has 0 N–H and O–H groups in total. The Hall–Kier alpha value is -3.50. The van der Waals surface area contributed by atoms with Gasteiger partial charge >= 0.3 is 0 Å². The summed E-state index contributed by atoms with van der Waals surface area (Å²) in [6, 6.07) is 13.6. The predicted octanol–water partition coefficient (Wildman–Crippen LogP) is 3.67. The van der Waals surface area contributed by atoms with Gasteiger partial charge in [-0.25, -0.2) is 23.4 Å². The topological polar surface area (TPSA) is 93.5 Å². The normalized spacial score (nSPS) is 16.0. The van der Waals surface area contributed by atoms with E-state index in [1.54, 1.807) is 12.5 Å². The Morgan fingerprint density at radius 3 is 2.65 bits per heavy atom. The second-order valence-corrected chi connectivity index (χ2v) is 11.6. The fraction of sp³-hybridized carbons (Fsp3) is 0.370. The number of likely N-dealkylation sites (tertiary alicyclic amines) is 1. The second kappa shape index (κ2) is 9.75. The number of aromatic nitrogens is 4. The van der Waals surface area contributed by atoms with Gasteiger partial charge in [0.25, 0.3) is 0 Å². The van der Waals surface area contributed by atoms with Crippen molar-refractivity contribution >= 4 is 26.9 Å². The lowest BCUT2D eigenvalue weighted by molar-refractivity contribution is 0.257. The molecule has 37 heavy (non-hydrogen) atoms. The van der Waals surface area contributed by atoms with Crippen LogP contribution in [-0.2, 0) is 16.4 Å². The van der Waals surface area contributed by atoms with Crippen LogP contribution in [-0.4, -0.2) is 71.9 Å². The summed E-state index contributed by atoms with van der Waals surface area (Å²) in [5.74, 6) is 0.616. The quantitative estimate of drug-likeness (QED) is 0.329. The van der Waals surface area contributed by atoms with Gasteiger partial charge in [-0.15, -0.1) is 0 Å². The average Bonchev–Trinajstić information content (AvgIpc) is 3.65. The number of imidazole rings is 1. The lowest BCUT2D eigenvalue weighted by Gasteiger charge is -2.17. The largest absolute Gasteiger partial charge is 0.478 e. The number of sulfonamides is 1. The molecular weight excluding hydrogens is 488 g/mol. The molecule has 0 bridgehead atoms. The summed E-state index contributed by atoms with van der Waals surface area (Å²) in [5, 5.41) is 0. The highest BCUT2D eigenvalue weighted by atomic mass is 32.2. The van der Waals surface area contributed by atoms with E-state index >= 15 is 0 Å². The van der Waals surface area contributed by atoms with Gasteiger partial charge in [-0.2, -0.15) is 0 Å². The number of ether oxygens (including phenoxy) is 1. The first-order valence-electron chi connectivity index (χ1n) is 12.7. The first-order valence-corrected chi connectivity index (χ1v) is 14.6. The Bertz CT molecular complexity index is 1530. The third-order valence-corrected chi connectivity index (χ3v) is 8.27. The van der Waals surface area contributed by atoms with E-state index in [1.165, 1.54) is 36.5 Å². The van der Waals surface area contributed by atoms with Gasteiger partial charge in [0.05, 0.1) is 29.9 Å². The molecule has 10 heteroatoms. The van der Waals surface area contributed by atoms with Gasteiger partial charge in [0, 0.05) is 30.9 Å². The molecule has 0 radical (unpaired) electrons. The Balaban J connectivity index is 1.21. The highest BCUT2D eigenvalue weighted by Crippen LogP contribution is 2.33. The van der Waals surface area contributed by atoms with Crippen LogP contribution in [0.2, 0.25) is 0 Å². The van der Waals surface area contributed by atoms with Crippen molar-refractivity contribution in [1.29, 1.82) is 0 Å². The third kappa shape index (κ3) is 4.91. The summed E-state index contributed by atoms with van der Waals surface area (Å²) in [4.78, 5) is 16.3. The summed E-state index contributed by atoms with van der Waals surface area (Å²) < 4.78 is 33.7. The lowest BCUT2D eigenvalue weighted by Crippen LogP contribution is -2.27. The molecule has 3 aromatic heterocycles. The van der Waals surface area contributed by atoms with Gasteiger partial charge in [0.1, 0.15) is 11.8 Å². The van der Waals surface area contributed by atoms with Crippen LogP contribution in [0.5, 0.6) is 5.88 Å². The zero-order valence-corrected chi connectivity index (χ0v) is 21.7. The molecule has 192 valence electrons. The molecule has 5 heterocycles. The number of pyridine rings is 2. The van der Waals surface area contributed by atoms with Crippen molar-refractivity contribution < 1.29 is 13.2 Å². The highest BCUT2D eigenvalue weighted by Gasteiger charge is 2.26. The maximum atomic E-state index is 12.2. The number of nitrogens with zero attached hydrogens (tertiary/aromatic N) is 6. The van der Waals surface area contributed by atoms with Crippen LogP contribution < -0.4 is 9.04 Å². The maximum Gasteiger partial charge on any atom is 0.232 e. The molecule has 0 unspecified atom stereocenters. The summed E-state index contributed by atoms with van der Waals surface area (Å²) in [6.45, 7) is 4.61. The third-order valence-electron chi connectivity index (χ3n) is 7.09. The summed E-state index contributed by atoms with van der Waals surface area (Å²) in [7, 11) is -3.33. The van der Waals surface area contributed by atoms with Crippen molar-refractivity contribution in [2.75, 3.05) is 43.3 Å². The van der Waals surface area contributed by atoms with Crippen molar-refractivity contribution in [2.45, 2.75) is 25.7 Å². The smallest absolute Gasteiger partial charge is 0.232 e. The number of rotatable bonds is 8. The Morgan fingerprint density at radius 2 is 1.86 bits per heavy atom. The standard InChI is InChI=1S/C27H30N6O3S/c1-37(34,35)33-15-11-20-5-7-22(17-25(20)33)32-19-29-24-9-8-23(30-27(24)32)21-6-10-26(28-18-21)36-16-4-14-31-12-2-3-13-31/h5-10,17-19H,2-4,11-16H2,1H3. The molecular formula is C27H30N6O3S. The monoisotopic (exact) mass is 518 g/mol. The van der Waals surface area contributed by atoms with Gasteiger partial charge < -0.3 is 9.64 Å². The van der Waals surface area contributed by atoms with Crippen molar-refractivity contribution in [3.8, 4) is 22.8 Å². The second-order valence-electron chi connectivity index (χ2n) is 9.69.